The lowest BCUT2D eigenvalue weighted by atomic mass is 9.96. The summed E-state index contributed by atoms with van der Waals surface area (Å²) in [5.74, 6) is -15.0. The first-order chi connectivity index (χ1) is 12.6. The maximum atomic E-state index is 14.0. The van der Waals surface area contributed by atoms with Gasteiger partial charge in [0.15, 0.2) is 23.3 Å². The number of esters is 1. The van der Waals surface area contributed by atoms with Crippen molar-refractivity contribution in [2.75, 3.05) is 6.61 Å². The van der Waals surface area contributed by atoms with Crippen LogP contribution in [0.5, 0.6) is 0 Å². The number of Topliss-reactive ketones (excluding diaryl/α,β-unsaturated/α-hetero) is 1. The van der Waals surface area contributed by atoms with Gasteiger partial charge in [-0.25, -0.2) is 17.6 Å². The summed E-state index contributed by atoms with van der Waals surface area (Å²) >= 11 is 0. The molecule has 1 aromatic carbocycles. The van der Waals surface area contributed by atoms with E-state index in [0.29, 0.717) is 6.21 Å². The molecule has 0 heterocycles. The summed E-state index contributed by atoms with van der Waals surface area (Å²) in [4.78, 5) is 37.3. The highest BCUT2D eigenvalue weighted by atomic mass is 19.2. The van der Waals surface area contributed by atoms with Crippen LogP contribution in [0.25, 0.3) is 0 Å². The number of benzene rings is 1. The molecule has 0 spiro atoms. The Hall–Kier alpha value is -2.92. The Balaban J connectivity index is 2.58. The monoisotopic (exact) mass is 394 g/mol. The largest absolute Gasteiger partial charge is 0.465 e. The summed E-state index contributed by atoms with van der Waals surface area (Å²) in [6, 6.07) is -0.878. The van der Waals surface area contributed by atoms with Crippen LogP contribution in [0.15, 0.2) is 4.99 Å². The molecule has 3 unspecified atom stereocenters. The summed E-state index contributed by atoms with van der Waals surface area (Å²) in [5.41, 5.74) is -3.76. The van der Waals surface area contributed by atoms with E-state index in [9.17, 15) is 41.7 Å². The number of ketones is 1. The Bertz CT molecular complexity index is 845. The minimum absolute atomic E-state index is 0.00541. The Morgan fingerprint density at radius 2 is 1.81 bits per heavy atom. The molecule has 0 saturated heterocycles. The van der Waals surface area contributed by atoms with Crippen LogP contribution >= 0.6 is 0 Å². The van der Waals surface area contributed by atoms with E-state index in [0.717, 1.165) is 0 Å². The van der Waals surface area contributed by atoms with E-state index in [-0.39, 0.29) is 13.0 Å². The first kappa shape index (κ1) is 20.4. The van der Waals surface area contributed by atoms with Crippen molar-refractivity contribution in [3.8, 4) is 0 Å². The van der Waals surface area contributed by atoms with E-state index in [4.69, 9.17) is 0 Å². The van der Waals surface area contributed by atoms with Crippen LogP contribution in [0.3, 0.4) is 0 Å². The van der Waals surface area contributed by atoms with Crippen LogP contribution in [-0.4, -0.2) is 41.7 Å². The number of hydrogen-bond acceptors (Lipinski definition) is 6. The molecule has 0 aromatic heterocycles. The zero-order valence-electron chi connectivity index (χ0n) is 13.5. The number of nitrogens with zero attached hydrogens (tertiary/aromatic N) is 2. The molecule has 0 N–H and O–H groups in total. The van der Waals surface area contributed by atoms with Gasteiger partial charge in [-0.2, -0.15) is 4.39 Å². The fourth-order valence-electron chi connectivity index (χ4n) is 2.14. The molecule has 146 valence electrons. The van der Waals surface area contributed by atoms with E-state index in [2.05, 4.69) is 9.73 Å². The fraction of sp³-hybridized carbons (Fsp3) is 0.400. The molecule has 1 aliphatic rings. The molecule has 1 fully saturated rings. The van der Waals surface area contributed by atoms with Crippen molar-refractivity contribution in [1.82, 2.24) is 0 Å². The highest BCUT2D eigenvalue weighted by Crippen LogP contribution is 2.33. The Kier molecular flexibility index (Phi) is 5.86. The van der Waals surface area contributed by atoms with E-state index >= 15 is 0 Å². The fourth-order valence-corrected chi connectivity index (χ4v) is 2.14. The molecule has 1 saturated carbocycles. The average molecular weight is 394 g/mol. The summed E-state index contributed by atoms with van der Waals surface area (Å²) in [7, 11) is 0. The minimum Gasteiger partial charge on any atom is -0.465 e. The van der Waals surface area contributed by atoms with Crippen LogP contribution in [-0.2, 0) is 9.53 Å². The maximum absolute atomic E-state index is 14.0. The van der Waals surface area contributed by atoms with Crippen LogP contribution in [0.1, 0.15) is 23.7 Å². The molecule has 12 heteroatoms. The van der Waals surface area contributed by atoms with Gasteiger partial charge in [0.05, 0.1) is 17.6 Å². The maximum Gasteiger partial charge on any atom is 0.322 e. The zero-order valence-corrected chi connectivity index (χ0v) is 13.5. The third kappa shape index (κ3) is 3.93. The predicted molar refractivity (Wildman–Crippen MR) is 79.2 cm³/mol. The molecule has 0 bridgehead atoms. The van der Waals surface area contributed by atoms with Crippen molar-refractivity contribution in [3.63, 3.8) is 0 Å². The zero-order chi connectivity index (χ0) is 20.5. The molecule has 7 nitrogen and oxygen atoms in total. The summed E-state index contributed by atoms with van der Waals surface area (Å²) in [5, 5.41) is 11.0. The second-order valence-corrected chi connectivity index (χ2v) is 5.45. The SMILES string of the molecule is CCOC(=O)C(C=NC1CC1F)C(=O)c1c(F)c(F)c(F)c(F)c1[N+](=O)[O-]. The van der Waals surface area contributed by atoms with Crippen molar-refractivity contribution >= 4 is 23.7 Å². The van der Waals surface area contributed by atoms with Gasteiger partial charge in [0.2, 0.25) is 11.6 Å². The van der Waals surface area contributed by atoms with Crippen LogP contribution in [0.2, 0.25) is 0 Å². The summed E-state index contributed by atoms with van der Waals surface area (Å²) in [6.45, 7) is 1.08. The molecule has 0 aliphatic heterocycles. The number of nitro benzene ring substituents is 1. The van der Waals surface area contributed by atoms with E-state index in [1.54, 1.807) is 0 Å². The Morgan fingerprint density at radius 1 is 1.26 bits per heavy atom. The number of alkyl halides is 1. The smallest absolute Gasteiger partial charge is 0.322 e. The van der Waals surface area contributed by atoms with Gasteiger partial charge >= 0.3 is 11.7 Å². The first-order valence-corrected chi connectivity index (χ1v) is 7.50. The third-order valence-electron chi connectivity index (χ3n) is 3.60. The molecule has 1 aromatic rings. The normalized spacial score (nSPS) is 19.8. The van der Waals surface area contributed by atoms with Crippen molar-refractivity contribution in [2.24, 2.45) is 10.9 Å². The lowest BCUT2D eigenvalue weighted by molar-refractivity contribution is -0.388. The molecule has 27 heavy (non-hydrogen) atoms. The van der Waals surface area contributed by atoms with Gasteiger partial charge in [-0.1, -0.05) is 0 Å². The molecule has 0 amide bonds. The van der Waals surface area contributed by atoms with Gasteiger partial charge in [-0.15, -0.1) is 0 Å². The van der Waals surface area contributed by atoms with Crippen LogP contribution in [0.4, 0.5) is 27.6 Å². The number of carbonyl (C=O) groups is 2. The van der Waals surface area contributed by atoms with Crippen molar-refractivity contribution in [3.05, 3.63) is 38.9 Å². The molecular formula is C15H11F5N2O5. The second kappa shape index (κ2) is 7.76. The van der Waals surface area contributed by atoms with E-state index in [1.807, 2.05) is 0 Å². The number of hydrogen-bond donors (Lipinski definition) is 0. The van der Waals surface area contributed by atoms with Crippen molar-refractivity contribution in [1.29, 1.82) is 0 Å². The number of rotatable bonds is 7. The van der Waals surface area contributed by atoms with Gasteiger partial charge in [-0.3, -0.25) is 24.7 Å². The lowest BCUT2D eigenvalue weighted by Gasteiger charge is -2.12. The highest BCUT2D eigenvalue weighted by Gasteiger charge is 2.42. The topological polar surface area (TPSA) is 98.9 Å². The van der Waals surface area contributed by atoms with Crippen LogP contribution in [0, 0.1) is 39.3 Å². The average Bonchev–Trinajstić information content (AvgIpc) is 3.31. The summed E-state index contributed by atoms with van der Waals surface area (Å²) < 4.78 is 71.9. The van der Waals surface area contributed by atoms with E-state index < -0.39 is 69.3 Å². The van der Waals surface area contributed by atoms with Gasteiger partial charge in [-0.05, 0) is 6.92 Å². The minimum atomic E-state index is -2.49. The third-order valence-corrected chi connectivity index (χ3v) is 3.60. The van der Waals surface area contributed by atoms with Crippen LogP contribution < -0.4 is 0 Å². The molecule has 1 aliphatic carbocycles. The number of halogens is 5. The quantitative estimate of drug-likeness (QED) is 0.0815. The molecule has 3 atom stereocenters. The standard InChI is InChI=1S/C15H11F5N2O5/c1-2-27-15(24)5(4-21-7-3-6(7)16)14(23)8-9(17)10(18)11(19)12(20)13(8)22(25)26/h4-7H,2-3H2,1H3. The second-order valence-electron chi connectivity index (χ2n) is 5.45. The van der Waals surface area contributed by atoms with Gasteiger partial charge in [0.1, 0.15) is 11.7 Å². The van der Waals surface area contributed by atoms with E-state index in [1.165, 1.54) is 6.92 Å². The lowest BCUT2D eigenvalue weighted by Crippen LogP contribution is -2.30. The van der Waals surface area contributed by atoms with Crippen molar-refractivity contribution < 1.29 is 41.2 Å². The predicted octanol–water partition coefficient (Wildman–Crippen LogP) is 2.69. The number of ether oxygens (including phenoxy) is 1. The number of nitro groups is 1. The van der Waals surface area contributed by atoms with Gasteiger partial charge in [0.25, 0.3) is 0 Å². The molecular weight excluding hydrogens is 383 g/mol. The molecule has 0 radical (unpaired) electrons. The van der Waals surface area contributed by atoms with Gasteiger partial charge in [0, 0.05) is 12.6 Å². The van der Waals surface area contributed by atoms with Crippen molar-refractivity contribution in [2.45, 2.75) is 25.6 Å². The first-order valence-electron chi connectivity index (χ1n) is 7.50. The summed E-state index contributed by atoms with van der Waals surface area (Å²) in [6.07, 6.45) is -0.771. The molecule has 2 rings (SSSR count). The Labute approximate surface area is 148 Å². The number of aliphatic imine (C=N–C) groups is 1. The number of carbonyl (C=O) groups excluding carboxylic acids is 2. The Morgan fingerprint density at radius 3 is 2.30 bits per heavy atom. The highest BCUT2D eigenvalue weighted by molar-refractivity contribution is 6.20. The van der Waals surface area contributed by atoms with Gasteiger partial charge < -0.3 is 4.74 Å².